The highest BCUT2D eigenvalue weighted by Crippen LogP contribution is 2.33. The van der Waals surface area contributed by atoms with E-state index in [2.05, 4.69) is 17.4 Å². The minimum atomic E-state index is 0.375. The van der Waals surface area contributed by atoms with Gasteiger partial charge in [0.25, 0.3) is 0 Å². The molecule has 1 fully saturated rings. The fourth-order valence-corrected chi connectivity index (χ4v) is 2.73. The van der Waals surface area contributed by atoms with Crippen molar-refractivity contribution in [1.82, 2.24) is 5.32 Å². The molecule has 1 atom stereocenters. The minimum Gasteiger partial charge on any atom is -0.507 e. The fourth-order valence-electron chi connectivity index (χ4n) is 2.73. The van der Waals surface area contributed by atoms with Gasteiger partial charge in [-0.25, -0.2) is 0 Å². The molecule has 2 aromatic rings. The zero-order chi connectivity index (χ0) is 11.7. The number of benzene rings is 2. The molecule has 3 rings (SSSR count). The van der Waals surface area contributed by atoms with E-state index in [9.17, 15) is 5.11 Å². The Labute approximate surface area is 101 Å². The molecular formula is C15H17NO. The van der Waals surface area contributed by atoms with Crippen LogP contribution in [0.4, 0.5) is 0 Å². The van der Waals surface area contributed by atoms with Crippen molar-refractivity contribution in [2.24, 2.45) is 0 Å². The highest BCUT2D eigenvalue weighted by atomic mass is 16.3. The summed E-state index contributed by atoms with van der Waals surface area (Å²) in [6.07, 6.45) is 3.74. The maximum absolute atomic E-state index is 9.87. The van der Waals surface area contributed by atoms with Gasteiger partial charge in [0, 0.05) is 11.4 Å². The van der Waals surface area contributed by atoms with Gasteiger partial charge in [-0.3, -0.25) is 0 Å². The standard InChI is InChI=1S/C15H17NO/c17-15-9-8-12(14-7-3-4-10-16-14)11-5-1-2-6-13(11)15/h1-2,5-6,8-9,14,16-17H,3-4,7,10H2. The Hall–Kier alpha value is -1.54. The van der Waals surface area contributed by atoms with Crippen LogP contribution >= 0.6 is 0 Å². The maximum atomic E-state index is 9.87. The molecule has 17 heavy (non-hydrogen) atoms. The minimum absolute atomic E-state index is 0.375. The van der Waals surface area contributed by atoms with Gasteiger partial charge >= 0.3 is 0 Å². The number of hydrogen-bond acceptors (Lipinski definition) is 2. The van der Waals surface area contributed by atoms with Crippen molar-refractivity contribution in [1.29, 1.82) is 0 Å². The van der Waals surface area contributed by atoms with Crippen LogP contribution in [0.3, 0.4) is 0 Å². The van der Waals surface area contributed by atoms with Crippen LogP contribution in [-0.2, 0) is 0 Å². The Morgan fingerprint density at radius 2 is 1.82 bits per heavy atom. The summed E-state index contributed by atoms with van der Waals surface area (Å²) in [4.78, 5) is 0. The number of fused-ring (bicyclic) bond motifs is 1. The van der Waals surface area contributed by atoms with Gasteiger partial charge in [-0.2, -0.15) is 0 Å². The van der Waals surface area contributed by atoms with E-state index >= 15 is 0 Å². The van der Waals surface area contributed by atoms with E-state index in [0.29, 0.717) is 11.8 Å². The van der Waals surface area contributed by atoms with Crippen molar-refractivity contribution >= 4 is 10.8 Å². The summed E-state index contributed by atoms with van der Waals surface area (Å²) in [6, 6.07) is 12.4. The Kier molecular flexibility index (Phi) is 2.73. The molecule has 1 heterocycles. The molecule has 0 radical (unpaired) electrons. The second kappa shape index (κ2) is 4.38. The average molecular weight is 227 g/mol. The monoisotopic (exact) mass is 227 g/mol. The van der Waals surface area contributed by atoms with Gasteiger partial charge in [-0.15, -0.1) is 0 Å². The molecule has 2 heteroatoms. The lowest BCUT2D eigenvalue weighted by Gasteiger charge is -2.25. The van der Waals surface area contributed by atoms with E-state index in [1.807, 2.05) is 24.3 Å². The van der Waals surface area contributed by atoms with Crippen LogP contribution < -0.4 is 5.32 Å². The van der Waals surface area contributed by atoms with Crippen LogP contribution in [0.15, 0.2) is 36.4 Å². The number of rotatable bonds is 1. The van der Waals surface area contributed by atoms with Gasteiger partial charge in [-0.05, 0) is 36.4 Å². The summed E-state index contributed by atoms with van der Waals surface area (Å²) in [5.41, 5.74) is 1.32. The SMILES string of the molecule is Oc1ccc(C2CCCCN2)c2ccccc12. The molecule has 1 aliphatic heterocycles. The fraction of sp³-hybridized carbons (Fsp3) is 0.333. The van der Waals surface area contributed by atoms with Crippen LogP contribution in [0, 0.1) is 0 Å². The predicted molar refractivity (Wildman–Crippen MR) is 70.2 cm³/mol. The summed E-state index contributed by atoms with van der Waals surface area (Å²) in [5, 5.41) is 15.6. The topological polar surface area (TPSA) is 32.3 Å². The molecule has 88 valence electrons. The van der Waals surface area contributed by atoms with Crippen molar-refractivity contribution < 1.29 is 5.11 Å². The summed E-state index contributed by atoms with van der Waals surface area (Å²) in [6.45, 7) is 1.10. The lowest BCUT2D eigenvalue weighted by Crippen LogP contribution is -2.26. The summed E-state index contributed by atoms with van der Waals surface area (Å²) < 4.78 is 0. The highest BCUT2D eigenvalue weighted by Gasteiger charge is 2.17. The molecule has 2 aromatic carbocycles. The molecule has 0 bridgehead atoms. The first-order chi connectivity index (χ1) is 8.36. The molecule has 1 aliphatic rings. The Balaban J connectivity index is 2.12. The van der Waals surface area contributed by atoms with Crippen molar-refractivity contribution in [2.45, 2.75) is 25.3 Å². The maximum Gasteiger partial charge on any atom is 0.123 e. The van der Waals surface area contributed by atoms with E-state index in [4.69, 9.17) is 0 Å². The third-order valence-electron chi connectivity index (χ3n) is 3.62. The van der Waals surface area contributed by atoms with Crippen LogP contribution in [0.25, 0.3) is 10.8 Å². The zero-order valence-corrected chi connectivity index (χ0v) is 9.82. The normalized spacial score (nSPS) is 20.6. The van der Waals surface area contributed by atoms with E-state index < -0.39 is 0 Å². The first kappa shape index (κ1) is 10.6. The second-order valence-corrected chi connectivity index (χ2v) is 4.72. The second-order valence-electron chi connectivity index (χ2n) is 4.72. The van der Waals surface area contributed by atoms with Crippen LogP contribution in [0.2, 0.25) is 0 Å². The van der Waals surface area contributed by atoms with Crippen molar-refractivity contribution in [2.75, 3.05) is 6.54 Å². The molecular weight excluding hydrogens is 210 g/mol. The smallest absolute Gasteiger partial charge is 0.123 e. The van der Waals surface area contributed by atoms with E-state index in [-0.39, 0.29) is 0 Å². The molecule has 1 unspecified atom stereocenters. The van der Waals surface area contributed by atoms with Crippen LogP contribution in [-0.4, -0.2) is 11.7 Å². The average Bonchev–Trinajstić information content (AvgIpc) is 2.41. The van der Waals surface area contributed by atoms with E-state index in [0.717, 1.165) is 11.9 Å². The molecule has 0 spiro atoms. The first-order valence-corrected chi connectivity index (χ1v) is 6.30. The van der Waals surface area contributed by atoms with Gasteiger partial charge in [0.05, 0.1) is 0 Å². The highest BCUT2D eigenvalue weighted by molar-refractivity contribution is 5.91. The lowest BCUT2D eigenvalue weighted by molar-refractivity contribution is 0.414. The summed E-state index contributed by atoms with van der Waals surface area (Å²) >= 11 is 0. The van der Waals surface area contributed by atoms with E-state index in [1.54, 1.807) is 0 Å². The molecule has 2 N–H and O–H groups in total. The number of hydrogen-bond donors (Lipinski definition) is 2. The quantitative estimate of drug-likeness (QED) is 0.783. The predicted octanol–water partition coefficient (Wildman–Crippen LogP) is 3.36. The van der Waals surface area contributed by atoms with Gasteiger partial charge in [0.15, 0.2) is 0 Å². The molecule has 0 aromatic heterocycles. The van der Waals surface area contributed by atoms with Crippen molar-refractivity contribution in [3.63, 3.8) is 0 Å². The lowest BCUT2D eigenvalue weighted by atomic mass is 9.93. The number of phenols is 1. The molecule has 1 saturated heterocycles. The van der Waals surface area contributed by atoms with Gasteiger partial charge < -0.3 is 10.4 Å². The number of phenolic OH excluding ortho intramolecular Hbond substituents is 1. The van der Waals surface area contributed by atoms with Gasteiger partial charge in [-0.1, -0.05) is 36.8 Å². The zero-order valence-electron chi connectivity index (χ0n) is 9.82. The third-order valence-corrected chi connectivity index (χ3v) is 3.62. The number of aromatic hydroxyl groups is 1. The van der Waals surface area contributed by atoms with E-state index in [1.165, 1.54) is 30.2 Å². The number of nitrogens with one attached hydrogen (secondary N) is 1. The Bertz CT molecular complexity index is 529. The molecule has 0 saturated carbocycles. The summed E-state index contributed by atoms with van der Waals surface area (Å²) in [5.74, 6) is 0.375. The molecule has 2 nitrogen and oxygen atoms in total. The summed E-state index contributed by atoms with van der Waals surface area (Å²) in [7, 11) is 0. The van der Waals surface area contributed by atoms with Crippen LogP contribution in [0.1, 0.15) is 30.9 Å². The van der Waals surface area contributed by atoms with Crippen LogP contribution in [0.5, 0.6) is 5.75 Å². The third kappa shape index (κ3) is 1.89. The molecule has 0 aliphatic carbocycles. The van der Waals surface area contributed by atoms with Gasteiger partial charge in [0.2, 0.25) is 0 Å². The Morgan fingerprint density at radius 3 is 2.59 bits per heavy atom. The first-order valence-electron chi connectivity index (χ1n) is 6.30. The van der Waals surface area contributed by atoms with Gasteiger partial charge in [0.1, 0.15) is 5.75 Å². The van der Waals surface area contributed by atoms with Crippen molar-refractivity contribution in [3.05, 3.63) is 42.0 Å². The molecule has 0 amide bonds. The number of piperidine rings is 1. The van der Waals surface area contributed by atoms with Crippen molar-refractivity contribution in [3.8, 4) is 5.75 Å². The Morgan fingerprint density at radius 1 is 1.00 bits per heavy atom. The largest absolute Gasteiger partial charge is 0.507 e.